The zero-order chi connectivity index (χ0) is 9.10. The van der Waals surface area contributed by atoms with E-state index in [4.69, 9.17) is 0 Å². The van der Waals surface area contributed by atoms with Crippen LogP contribution in [0.3, 0.4) is 0 Å². The van der Waals surface area contributed by atoms with Crippen molar-refractivity contribution in [1.29, 1.82) is 0 Å². The third-order valence-corrected chi connectivity index (χ3v) is 2.49. The molecule has 1 aliphatic rings. The Kier molecular flexibility index (Phi) is 2.45. The number of nitrogens with zero attached hydrogens (tertiary/aromatic N) is 1. The molecule has 0 aliphatic heterocycles. The van der Waals surface area contributed by atoms with Crippen molar-refractivity contribution in [3.05, 3.63) is 24.5 Å². The monoisotopic (exact) mass is 178 g/mol. The Morgan fingerprint density at radius 2 is 2.38 bits per heavy atom. The van der Waals surface area contributed by atoms with Gasteiger partial charge in [0.15, 0.2) is 0 Å². The fourth-order valence-corrected chi connectivity index (χ4v) is 1.77. The number of nitrogens with one attached hydrogen (secondary N) is 1. The molecule has 0 aromatic carbocycles. The summed E-state index contributed by atoms with van der Waals surface area (Å²) in [5.74, 6) is 0. The van der Waals surface area contributed by atoms with Gasteiger partial charge >= 0.3 is 0 Å². The molecular formula is C10H14N2O. The molecule has 1 saturated carbocycles. The summed E-state index contributed by atoms with van der Waals surface area (Å²) in [4.78, 5) is 4.01. The molecule has 1 heterocycles. The smallest absolute Gasteiger partial charge is 0.0741 e. The summed E-state index contributed by atoms with van der Waals surface area (Å²) in [7, 11) is 0. The highest BCUT2D eigenvalue weighted by Crippen LogP contribution is 2.22. The third-order valence-electron chi connectivity index (χ3n) is 2.49. The lowest BCUT2D eigenvalue weighted by Gasteiger charge is -2.17. The molecule has 0 spiro atoms. The molecule has 2 N–H and O–H groups in total. The van der Waals surface area contributed by atoms with Gasteiger partial charge in [0.05, 0.1) is 17.8 Å². The van der Waals surface area contributed by atoms with Crippen LogP contribution in [0, 0.1) is 0 Å². The summed E-state index contributed by atoms with van der Waals surface area (Å²) in [6.45, 7) is 0. The van der Waals surface area contributed by atoms with Crippen molar-refractivity contribution in [2.45, 2.75) is 31.4 Å². The minimum Gasteiger partial charge on any atom is -0.391 e. The van der Waals surface area contributed by atoms with Gasteiger partial charge in [-0.2, -0.15) is 0 Å². The van der Waals surface area contributed by atoms with E-state index >= 15 is 0 Å². The van der Waals surface area contributed by atoms with E-state index in [-0.39, 0.29) is 12.1 Å². The van der Waals surface area contributed by atoms with Crippen LogP contribution in [0.5, 0.6) is 0 Å². The first-order valence-corrected chi connectivity index (χ1v) is 4.71. The molecule has 2 atom stereocenters. The quantitative estimate of drug-likeness (QED) is 0.719. The molecule has 0 saturated heterocycles. The lowest BCUT2D eigenvalue weighted by atomic mass is 10.2. The number of aliphatic hydroxyl groups is 1. The molecule has 1 fully saturated rings. The Morgan fingerprint density at radius 3 is 3.00 bits per heavy atom. The van der Waals surface area contributed by atoms with Gasteiger partial charge in [0.2, 0.25) is 0 Å². The predicted molar refractivity (Wildman–Crippen MR) is 51.5 cm³/mol. The molecule has 3 nitrogen and oxygen atoms in total. The van der Waals surface area contributed by atoms with Crippen molar-refractivity contribution in [2.75, 3.05) is 5.32 Å². The van der Waals surface area contributed by atoms with Crippen LogP contribution in [0.2, 0.25) is 0 Å². The third kappa shape index (κ3) is 1.98. The van der Waals surface area contributed by atoms with Gasteiger partial charge < -0.3 is 10.4 Å². The second-order valence-electron chi connectivity index (χ2n) is 3.49. The van der Waals surface area contributed by atoms with Crippen molar-refractivity contribution in [3.8, 4) is 0 Å². The van der Waals surface area contributed by atoms with Gasteiger partial charge in [0.1, 0.15) is 0 Å². The van der Waals surface area contributed by atoms with E-state index in [1.54, 1.807) is 12.4 Å². The number of aromatic nitrogens is 1. The molecule has 1 aliphatic carbocycles. The molecule has 0 radical (unpaired) electrons. The first kappa shape index (κ1) is 8.51. The van der Waals surface area contributed by atoms with E-state index in [2.05, 4.69) is 10.3 Å². The molecule has 1 aromatic heterocycles. The maximum Gasteiger partial charge on any atom is 0.0741 e. The van der Waals surface area contributed by atoms with Gasteiger partial charge in [-0.25, -0.2) is 0 Å². The maximum atomic E-state index is 9.57. The van der Waals surface area contributed by atoms with Crippen LogP contribution in [-0.4, -0.2) is 22.2 Å². The molecule has 2 rings (SSSR count). The highest BCUT2D eigenvalue weighted by molar-refractivity contribution is 5.41. The largest absolute Gasteiger partial charge is 0.391 e. The first-order valence-electron chi connectivity index (χ1n) is 4.71. The molecule has 70 valence electrons. The average Bonchev–Trinajstić information content (AvgIpc) is 2.54. The van der Waals surface area contributed by atoms with E-state index in [0.717, 1.165) is 24.9 Å². The van der Waals surface area contributed by atoms with E-state index < -0.39 is 0 Å². The summed E-state index contributed by atoms with van der Waals surface area (Å²) in [6.07, 6.45) is 6.41. The Bertz CT molecular complexity index is 263. The zero-order valence-corrected chi connectivity index (χ0v) is 7.48. The van der Waals surface area contributed by atoms with Gasteiger partial charge in [-0.05, 0) is 31.4 Å². The Morgan fingerprint density at radius 1 is 1.46 bits per heavy atom. The van der Waals surface area contributed by atoms with Crippen molar-refractivity contribution < 1.29 is 5.11 Å². The molecule has 0 unspecified atom stereocenters. The molecule has 0 bridgehead atoms. The van der Waals surface area contributed by atoms with E-state index in [1.165, 1.54) is 0 Å². The summed E-state index contributed by atoms with van der Waals surface area (Å²) >= 11 is 0. The fourth-order valence-electron chi connectivity index (χ4n) is 1.77. The molecule has 3 heteroatoms. The van der Waals surface area contributed by atoms with E-state index in [1.807, 2.05) is 12.1 Å². The van der Waals surface area contributed by atoms with Gasteiger partial charge in [-0.3, -0.25) is 4.98 Å². The first-order chi connectivity index (χ1) is 6.36. The Labute approximate surface area is 77.8 Å². The average molecular weight is 178 g/mol. The minimum atomic E-state index is -0.194. The van der Waals surface area contributed by atoms with Gasteiger partial charge in [-0.1, -0.05) is 0 Å². The van der Waals surface area contributed by atoms with Crippen molar-refractivity contribution >= 4 is 5.69 Å². The van der Waals surface area contributed by atoms with Gasteiger partial charge in [0, 0.05) is 12.4 Å². The topological polar surface area (TPSA) is 45.1 Å². The van der Waals surface area contributed by atoms with E-state index in [9.17, 15) is 5.11 Å². The van der Waals surface area contributed by atoms with Crippen molar-refractivity contribution in [3.63, 3.8) is 0 Å². The van der Waals surface area contributed by atoms with Crippen LogP contribution in [0.25, 0.3) is 0 Å². The number of anilines is 1. The van der Waals surface area contributed by atoms with Crippen LogP contribution in [0.4, 0.5) is 5.69 Å². The minimum absolute atomic E-state index is 0.194. The van der Waals surface area contributed by atoms with Gasteiger partial charge in [0.25, 0.3) is 0 Å². The fraction of sp³-hybridized carbons (Fsp3) is 0.500. The van der Waals surface area contributed by atoms with Gasteiger partial charge in [-0.15, -0.1) is 0 Å². The van der Waals surface area contributed by atoms with Crippen molar-refractivity contribution in [1.82, 2.24) is 4.98 Å². The SMILES string of the molecule is O[C@H]1CCC[C@@H]1Nc1cccnc1. The zero-order valence-electron chi connectivity index (χ0n) is 7.48. The second kappa shape index (κ2) is 3.75. The lowest BCUT2D eigenvalue weighted by molar-refractivity contribution is 0.172. The Balaban J connectivity index is 1.98. The van der Waals surface area contributed by atoms with Crippen molar-refractivity contribution in [2.24, 2.45) is 0 Å². The molecule has 1 aromatic rings. The number of hydrogen-bond acceptors (Lipinski definition) is 3. The number of pyridine rings is 1. The van der Waals surface area contributed by atoms with Crippen LogP contribution in [-0.2, 0) is 0 Å². The second-order valence-corrected chi connectivity index (χ2v) is 3.49. The van der Waals surface area contributed by atoms with E-state index in [0.29, 0.717) is 0 Å². The summed E-state index contributed by atoms with van der Waals surface area (Å²) < 4.78 is 0. The van der Waals surface area contributed by atoms with Crippen LogP contribution < -0.4 is 5.32 Å². The lowest BCUT2D eigenvalue weighted by Crippen LogP contribution is -2.27. The standard InChI is InChI=1S/C10H14N2O/c13-10-5-1-4-9(10)12-8-3-2-6-11-7-8/h2-3,6-7,9-10,12-13H,1,4-5H2/t9-,10-/m0/s1. The highest BCUT2D eigenvalue weighted by atomic mass is 16.3. The van der Waals surface area contributed by atoms with Crippen LogP contribution in [0.15, 0.2) is 24.5 Å². The van der Waals surface area contributed by atoms with Crippen LogP contribution in [0.1, 0.15) is 19.3 Å². The molecular weight excluding hydrogens is 164 g/mol. The summed E-state index contributed by atoms with van der Waals surface area (Å²) in [5.41, 5.74) is 0.994. The number of rotatable bonds is 2. The number of aliphatic hydroxyl groups excluding tert-OH is 1. The maximum absolute atomic E-state index is 9.57. The Hall–Kier alpha value is -1.09. The molecule has 0 amide bonds. The predicted octanol–water partition coefficient (Wildman–Crippen LogP) is 1.41. The summed E-state index contributed by atoms with van der Waals surface area (Å²) in [6, 6.07) is 4.08. The number of hydrogen-bond donors (Lipinski definition) is 2. The highest BCUT2D eigenvalue weighted by Gasteiger charge is 2.24. The normalized spacial score (nSPS) is 27.5. The van der Waals surface area contributed by atoms with Crippen LogP contribution >= 0.6 is 0 Å². The summed E-state index contributed by atoms with van der Waals surface area (Å²) in [5, 5.41) is 12.8. The molecule has 13 heavy (non-hydrogen) atoms.